The molecule has 1 aromatic heterocycles. The van der Waals surface area contributed by atoms with Crippen molar-refractivity contribution in [3.05, 3.63) is 79.4 Å². The van der Waals surface area contributed by atoms with Crippen LogP contribution in [0.3, 0.4) is 0 Å². The maximum atomic E-state index is 13.0. The minimum Gasteiger partial charge on any atom is -0.497 e. The van der Waals surface area contributed by atoms with Crippen molar-refractivity contribution in [2.75, 3.05) is 39.8 Å². The number of thiophene rings is 1. The van der Waals surface area contributed by atoms with Gasteiger partial charge in [-0.25, -0.2) is 8.42 Å². The van der Waals surface area contributed by atoms with Crippen LogP contribution in [0.25, 0.3) is 0 Å². The molecule has 1 fully saturated rings. The molecular weight excluding hydrogens is 551 g/mol. The van der Waals surface area contributed by atoms with E-state index in [4.69, 9.17) is 44.3 Å². The number of hydrogen-bond acceptors (Lipinski definition) is 6. The number of rotatable bonds is 9. The van der Waals surface area contributed by atoms with Gasteiger partial charge in [0, 0.05) is 37.7 Å². The van der Waals surface area contributed by atoms with Crippen molar-refractivity contribution in [3.63, 3.8) is 0 Å². The third-order valence-corrected chi connectivity index (χ3v) is 9.73. The van der Waals surface area contributed by atoms with Crippen molar-refractivity contribution < 1.29 is 17.9 Å². The Morgan fingerprint density at radius 1 is 1.00 bits per heavy atom. The Morgan fingerprint density at radius 2 is 1.71 bits per heavy atom. The molecule has 0 saturated carbocycles. The van der Waals surface area contributed by atoms with Crippen molar-refractivity contribution in [1.29, 1.82) is 0 Å². The van der Waals surface area contributed by atoms with Gasteiger partial charge < -0.3 is 9.47 Å². The maximum Gasteiger partial charge on any atom is 0.245 e. The van der Waals surface area contributed by atoms with Crippen molar-refractivity contribution in [1.82, 2.24) is 9.21 Å². The highest BCUT2D eigenvalue weighted by Gasteiger charge is 2.32. The molecule has 1 saturated heterocycles. The number of benzene rings is 2. The fourth-order valence-electron chi connectivity index (χ4n) is 3.92. The zero-order chi connectivity index (χ0) is 25.0. The van der Waals surface area contributed by atoms with Gasteiger partial charge in [-0.1, -0.05) is 59.1 Å². The van der Waals surface area contributed by atoms with Crippen LogP contribution >= 0.6 is 46.1 Å². The van der Waals surface area contributed by atoms with E-state index in [2.05, 4.69) is 4.90 Å². The van der Waals surface area contributed by atoms with E-state index in [1.807, 2.05) is 48.5 Å². The van der Waals surface area contributed by atoms with Crippen molar-refractivity contribution in [3.8, 4) is 5.75 Å². The molecule has 0 bridgehead atoms. The third kappa shape index (κ3) is 6.70. The highest BCUT2D eigenvalue weighted by atomic mass is 35.5. The molecule has 1 aliphatic heterocycles. The van der Waals surface area contributed by atoms with Gasteiger partial charge in [-0.05, 0) is 41.5 Å². The van der Waals surface area contributed by atoms with E-state index >= 15 is 0 Å². The lowest BCUT2D eigenvalue weighted by Gasteiger charge is -2.35. The Morgan fingerprint density at radius 3 is 2.34 bits per heavy atom. The molecular formula is C24H25Cl3N2O4S2. The lowest BCUT2D eigenvalue weighted by molar-refractivity contribution is 0.00767. The molecule has 0 radical (unpaired) electrons. The zero-order valence-corrected chi connectivity index (χ0v) is 22.9. The first-order valence-corrected chi connectivity index (χ1v) is 14.3. The van der Waals surface area contributed by atoms with Gasteiger partial charge in [0.1, 0.15) is 15.0 Å². The van der Waals surface area contributed by atoms with Crippen LogP contribution in [0, 0.1) is 0 Å². The second kappa shape index (κ2) is 11.8. The topological polar surface area (TPSA) is 59.1 Å². The third-order valence-electron chi connectivity index (χ3n) is 5.83. The van der Waals surface area contributed by atoms with E-state index in [9.17, 15) is 8.42 Å². The first-order chi connectivity index (χ1) is 16.8. The van der Waals surface area contributed by atoms with Crippen LogP contribution in [0.5, 0.6) is 5.75 Å². The predicted octanol–water partition coefficient (Wildman–Crippen LogP) is 5.98. The minimum absolute atomic E-state index is 0.0725. The van der Waals surface area contributed by atoms with E-state index in [1.165, 1.54) is 10.4 Å². The molecule has 188 valence electrons. The molecule has 0 unspecified atom stereocenters. The molecule has 3 aromatic rings. The van der Waals surface area contributed by atoms with Crippen LogP contribution in [-0.4, -0.2) is 57.5 Å². The largest absolute Gasteiger partial charge is 0.497 e. The van der Waals surface area contributed by atoms with Gasteiger partial charge in [-0.15, -0.1) is 11.3 Å². The quantitative estimate of drug-likeness (QED) is 0.314. The van der Waals surface area contributed by atoms with Crippen LogP contribution in [0.1, 0.15) is 17.2 Å². The first kappa shape index (κ1) is 26.7. The number of hydrogen-bond donors (Lipinski definition) is 0. The standard InChI is InChI=1S/C24H25Cl3N2O4S2/c1-32-20-4-2-3-17(13-20)16-33-21(18-5-7-19(25)8-6-18)15-28-9-11-29(12-10-28)35(30,31)22-14-23(26)34-24(22)27/h2-8,13-14,21H,9-12,15-16H2,1H3/t21-/m0/s1. The minimum atomic E-state index is -3.69. The van der Waals surface area contributed by atoms with E-state index in [-0.39, 0.29) is 15.3 Å². The average Bonchev–Trinajstić information content (AvgIpc) is 3.21. The summed E-state index contributed by atoms with van der Waals surface area (Å²) in [6.45, 7) is 2.88. The van der Waals surface area contributed by atoms with Gasteiger partial charge in [0.2, 0.25) is 10.0 Å². The van der Waals surface area contributed by atoms with Gasteiger partial charge in [0.25, 0.3) is 0 Å². The van der Waals surface area contributed by atoms with Crippen LogP contribution in [0.2, 0.25) is 13.7 Å². The molecule has 0 aliphatic carbocycles. The summed E-state index contributed by atoms with van der Waals surface area (Å²) in [5.41, 5.74) is 2.01. The molecule has 4 rings (SSSR count). The molecule has 0 N–H and O–H groups in total. The number of ether oxygens (including phenoxy) is 2. The van der Waals surface area contributed by atoms with E-state index in [1.54, 1.807) is 7.11 Å². The number of sulfonamides is 1. The fourth-order valence-corrected chi connectivity index (χ4v) is 7.58. The highest BCUT2D eigenvalue weighted by Crippen LogP contribution is 2.36. The van der Waals surface area contributed by atoms with Gasteiger partial charge >= 0.3 is 0 Å². The molecule has 0 spiro atoms. The summed E-state index contributed by atoms with van der Waals surface area (Å²) in [6.07, 6.45) is -0.216. The summed E-state index contributed by atoms with van der Waals surface area (Å²) in [5.74, 6) is 0.776. The van der Waals surface area contributed by atoms with Crippen molar-refractivity contribution >= 4 is 56.2 Å². The molecule has 0 amide bonds. The number of methoxy groups -OCH3 is 1. The maximum absolute atomic E-state index is 13.0. The Labute approximate surface area is 225 Å². The summed E-state index contributed by atoms with van der Waals surface area (Å²) in [5, 5.41) is 0.659. The zero-order valence-electron chi connectivity index (χ0n) is 19.0. The highest BCUT2D eigenvalue weighted by molar-refractivity contribution is 7.89. The van der Waals surface area contributed by atoms with Gasteiger partial charge in [-0.3, -0.25) is 4.90 Å². The van der Waals surface area contributed by atoms with Crippen LogP contribution in [0.4, 0.5) is 0 Å². The smallest absolute Gasteiger partial charge is 0.245 e. The van der Waals surface area contributed by atoms with Gasteiger partial charge in [-0.2, -0.15) is 4.31 Å². The predicted molar refractivity (Wildman–Crippen MR) is 142 cm³/mol. The van der Waals surface area contributed by atoms with E-state index in [0.717, 1.165) is 28.2 Å². The Kier molecular flexibility index (Phi) is 8.99. The molecule has 1 aliphatic rings. The van der Waals surface area contributed by atoms with Crippen LogP contribution < -0.4 is 4.74 Å². The van der Waals surface area contributed by atoms with E-state index < -0.39 is 10.0 Å². The van der Waals surface area contributed by atoms with Crippen LogP contribution in [0.15, 0.2) is 59.5 Å². The second-order valence-corrected chi connectivity index (χ2v) is 12.7. The molecule has 6 nitrogen and oxygen atoms in total. The lowest BCUT2D eigenvalue weighted by atomic mass is 10.1. The summed E-state index contributed by atoms with van der Waals surface area (Å²) < 4.78 is 39.7. The first-order valence-electron chi connectivity index (χ1n) is 10.9. The summed E-state index contributed by atoms with van der Waals surface area (Å²) in [6, 6.07) is 16.8. The summed E-state index contributed by atoms with van der Waals surface area (Å²) in [4.78, 5) is 2.28. The van der Waals surface area contributed by atoms with Gasteiger partial charge in [0.15, 0.2) is 0 Å². The fraction of sp³-hybridized carbons (Fsp3) is 0.333. The monoisotopic (exact) mass is 574 g/mol. The van der Waals surface area contributed by atoms with Gasteiger partial charge in [0.05, 0.1) is 24.2 Å². The number of piperazine rings is 1. The molecule has 11 heteroatoms. The second-order valence-electron chi connectivity index (χ2n) is 8.10. The number of nitrogens with zero attached hydrogens (tertiary/aromatic N) is 2. The Bertz CT molecular complexity index is 1240. The summed E-state index contributed by atoms with van der Waals surface area (Å²) in [7, 11) is -2.05. The van der Waals surface area contributed by atoms with E-state index in [0.29, 0.717) is 48.7 Å². The normalized spacial score (nSPS) is 16.3. The molecule has 2 heterocycles. The van der Waals surface area contributed by atoms with Crippen molar-refractivity contribution in [2.24, 2.45) is 0 Å². The SMILES string of the molecule is COc1cccc(CO[C@@H](CN2CCN(S(=O)(=O)c3cc(Cl)sc3Cl)CC2)c2ccc(Cl)cc2)c1. The Hall–Kier alpha value is -1.36. The number of halogens is 3. The molecule has 1 atom stereocenters. The van der Waals surface area contributed by atoms with Crippen LogP contribution in [-0.2, 0) is 21.4 Å². The molecule has 2 aromatic carbocycles. The lowest BCUT2D eigenvalue weighted by Crippen LogP contribution is -2.49. The average molecular weight is 576 g/mol. The Balaban J connectivity index is 1.42. The molecule has 35 heavy (non-hydrogen) atoms. The van der Waals surface area contributed by atoms with Crippen molar-refractivity contribution in [2.45, 2.75) is 17.6 Å². The summed E-state index contributed by atoms with van der Waals surface area (Å²) >= 11 is 19.2.